The number of amides is 2. The largest absolute Gasteiger partial charge is 0.459 e. The van der Waals surface area contributed by atoms with E-state index in [4.69, 9.17) is 4.74 Å². The smallest absolute Gasteiger partial charge is 0.320 e. The molecule has 0 bridgehead atoms. The van der Waals surface area contributed by atoms with Gasteiger partial charge in [-0.2, -0.15) is 0 Å². The molecule has 148 valence electrons. The summed E-state index contributed by atoms with van der Waals surface area (Å²) in [5, 5.41) is 0. The molecule has 0 aromatic heterocycles. The van der Waals surface area contributed by atoms with Crippen LogP contribution in [0.15, 0.2) is 24.3 Å². The van der Waals surface area contributed by atoms with Gasteiger partial charge in [0.1, 0.15) is 5.60 Å². The molecule has 0 N–H and O–H groups in total. The van der Waals surface area contributed by atoms with E-state index in [2.05, 4.69) is 0 Å². The first-order valence-corrected chi connectivity index (χ1v) is 10.1. The van der Waals surface area contributed by atoms with Crippen LogP contribution >= 0.6 is 0 Å². The Morgan fingerprint density at radius 1 is 1.15 bits per heavy atom. The van der Waals surface area contributed by atoms with Gasteiger partial charge in [-0.3, -0.25) is 4.79 Å². The molecule has 1 aliphatic heterocycles. The normalized spacial score (nSPS) is 19.6. The fourth-order valence-electron chi connectivity index (χ4n) is 4.16. The fourth-order valence-corrected chi connectivity index (χ4v) is 4.16. The third-order valence-electron chi connectivity index (χ3n) is 5.55. The molecule has 2 aliphatic rings. The maximum Gasteiger partial charge on any atom is 0.320 e. The third kappa shape index (κ3) is 4.82. The zero-order valence-electron chi connectivity index (χ0n) is 17.0. The van der Waals surface area contributed by atoms with Crippen molar-refractivity contribution in [1.29, 1.82) is 0 Å². The molecule has 5 nitrogen and oxygen atoms in total. The second kappa shape index (κ2) is 7.91. The molecular formula is C22H32N2O3. The molecule has 27 heavy (non-hydrogen) atoms. The first-order chi connectivity index (χ1) is 12.7. The van der Waals surface area contributed by atoms with E-state index < -0.39 is 5.60 Å². The fraction of sp³-hybridized carbons (Fsp3) is 0.636. The van der Waals surface area contributed by atoms with Crippen LogP contribution in [0.1, 0.15) is 63.5 Å². The second-order valence-electron chi connectivity index (χ2n) is 8.92. The number of ether oxygens (including phenoxy) is 1. The number of benzene rings is 1. The molecule has 1 aromatic carbocycles. The third-order valence-corrected chi connectivity index (χ3v) is 5.55. The van der Waals surface area contributed by atoms with Crippen LogP contribution in [-0.4, -0.2) is 47.5 Å². The minimum Gasteiger partial charge on any atom is -0.459 e. The Kier molecular flexibility index (Phi) is 5.78. The Bertz CT molecular complexity index is 672. The highest BCUT2D eigenvalue weighted by Gasteiger charge is 2.35. The maximum absolute atomic E-state index is 12.9. The van der Waals surface area contributed by atoms with Gasteiger partial charge in [-0.05, 0) is 50.7 Å². The summed E-state index contributed by atoms with van der Waals surface area (Å²) < 4.78 is 5.73. The lowest BCUT2D eigenvalue weighted by Crippen LogP contribution is -2.30. The highest BCUT2D eigenvalue weighted by molar-refractivity contribution is 5.79. The molecule has 1 unspecified atom stereocenters. The predicted octanol–water partition coefficient (Wildman–Crippen LogP) is 4.17. The molecule has 2 fully saturated rings. The summed E-state index contributed by atoms with van der Waals surface area (Å²) in [7, 11) is 1.83. The summed E-state index contributed by atoms with van der Waals surface area (Å²) >= 11 is 0. The summed E-state index contributed by atoms with van der Waals surface area (Å²) in [5.41, 5.74) is 1.65. The molecule has 1 saturated carbocycles. The molecule has 1 atom stereocenters. The molecular weight excluding hydrogens is 340 g/mol. The quantitative estimate of drug-likeness (QED) is 0.729. The monoisotopic (exact) mass is 372 g/mol. The average Bonchev–Trinajstić information content (AvgIpc) is 3.21. The van der Waals surface area contributed by atoms with Gasteiger partial charge in [0, 0.05) is 26.7 Å². The standard InChI is InChI=1S/C22H32N2O3/c1-22(2,3)27-20(25)19(17-7-5-6-8-17)18-11-9-16(10-12-18)15-24-14-13-23(4)21(24)26/h9-12,17,19H,5-8,13-15H2,1-4H3. The lowest BCUT2D eigenvalue weighted by atomic mass is 9.84. The van der Waals surface area contributed by atoms with Gasteiger partial charge in [-0.1, -0.05) is 37.1 Å². The summed E-state index contributed by atoms with van der Waals surface area (Å²) in [6.07, 6.45) is 4.54. The lowest BCUT2D eigenvalue weighted by Gasteiger charge is -2.27. The number of likely N-dealkylation sites (N-methyl/N-ethyl adjacent to an activating group) is 1. The Hall–Kier alpha value is -2.04. The number of hydrogen-bond acceptors (Lipinski definition) is 3. The first kappa shape index (κ1) is 19.7. The highest BCUT2D eigenvalue weighted by Crippen LogP contribution is 2.39. The molecule has 1 saturated heterocycles. The van der Waals surface area contributed by atoms with Gasteiger partial charge in [0.25, 0.3) is 0 Å². The van der Waals surface area contributed by atoms with Crippen molar-refractivity contribution in [3.63, 3.8) is 0 Å². The van der Waals surface area contributed by atoms with E-state index in [0.29, 0.717) is 12.5 Å². The average molecular weight is 373 g/mol. The molecule has 1 heterocycles. The van der Waals surface area contributed by atoms with Gasteiger partial charge >= 0.3 is 12.0 Å². The number of rotatable bonds is 5. The number of esters is 1. The van der Waals surface area contributed by atoms with Gasteiger partial charge in [-0.15, -0.1) is 0 Å². The van der Waals surface area contributed by atoms with E-state index in [1.165, 1.54) is 12.8 Å². The molecule has 1 aliphatic carbocycles. The summed E-state index contributed by atoms with van der Waals surface area (Å²) in [6, 6.07) is 8.27. The van der Waals surface area contributed by atoms with Gasteiger partial charge < -0.3 is 14.5 Å². The van der Waals surface area contributed by atoms with Crippen LogP contribution in [0.5, 0.6) is 0 Å². The number of carbonyl (C=O) groups excluding carboxylic acids is 2. The molecule has 0 radical (unpaired) electrons. The SMILES string of the molecule is CN1CCN(Cc2ccc(C(C(=O)OC(C)(C)C)C3CCCC3)cc2)C1=O. The van der Waals surface area contributed by atoms with Crippen LogP contribution in [0.2, 0.25) is 0 Å². The number of nitrogens with zero attached hydrogens (tertiary/aromatic N) is 2. The molecule has 1 aromatic rings. The van der Waals surface area contributed by atoms with Gasteiger partial charge in [0.2, 0.25) is 0 Å². The maximum atomic E-state index is 12.9. The highest BCUT2D eigenvalue weighted by atomic mass is 16.6. The van der Waals surface area contributed by atoms with Crippen LogP contribution in [0.25, 0.3) is 0 Å². The van der Waals surface area contributed by atoms with E-state index in [1.807, 2.05) is 57.0 Å². The predicted molar refractivity (Wildman–Crippen MR) is 105 cm³/mol. The molecule has 2 amide bonds. The Morgan fingerprint density at radius 3 is 2.30 bits per heavy atom. The van der Waals surface area contributed by atoms with Crippen molar-refractivity contribution in [2.45, 2.75) is 64.5 Å². The van der Waals surface area contributed by atoms with Gasteiger partial charge in [0.15, 0.2) is 0 Å². The van der Waals surface area contributed by atoms with Crippen molar-refractivity contribution >= 4 is 12.0 Å². The van der Waals surface area contributed by atoms with E-state index in [-0.39, 0.29) is 17.9 Å². The number of hydrogen-bond donors (Lipinski definition) is 0. The number of carbonyl (C=O) groups is 2. The van der Waals surface area contributed by atoms with Gasteiger partial charge in [-0.25, -0.2) is 4.79 Å². The molecule has 5 heteroatoms. The van der Waals surface area contributed by atoms with E-state index in [0.717, 1.165) is 37.1 Å². The first-order valence-electron chi connectivity index (χ1n) is 10.1. The van der Waals surface area contributed by atoms with Crippen LogP contribution in [0.4, 0.5) is 4.79 Å². The molecule has 0 spiro atoms. The summed E-state index contributed by atoms with van der Waals surface area (Å²) in [5.74, 6) is 0.0540. The zero-order valence-corrected chi connectivity index (χ0v) is 17.0. The lowest BCUT2D eigenvalue weighted by molar-refractivity contribution is -0.158. The zero-order chi connectivity index (χ0) is 19.6. The summed E-state index contributed by atoms with van der Waals surface area (Å²) in [6.45, 7) is 7.92. The topological polar surface area (TPSA) is 49.9 Å². The van der Waals surface area contributed by atoms with Crippen molar-refractivity contribution in [3.05, 3.63) is 35.4 Å². The van der Waals surface area contributed by atoms with Crippen LogP contribution in [-0.2, 0) is 16.1 Å². The van der Waals surface area contributed by atoms with Crippen molar-refractivity contribution in [2.75, 3.05) is 20.1 Å². The minimum absolute atomic E-state index is 0.0802. The number of urea groups is 1. The van der Waals surface area contributed by atoms with Crippen molar-refractivity contribution in [3.8, 4) is 0 Å². The second-order valence-corrected chi connectivity index (χ2v) is 8.92. The van der Waals surface area contributed by atoms with Crippen LogP contribution < -0.4 is 0 Å². The van der Waals surface area contributed by atoms with E-state index in [9.17, 15) is 9.59 Å². The van der Waals surface area contributed by atoms with Crippen molar-refractivity contribution in [1.82, 2.24) is 9.80 Å². The van der Waals surface area contributed by atoms with Crippen LogP contribution in [0, 0.1) is 5.92 Å². The Morgan fingerprint density at radius 2 is 1.78 bits per heavy atom. The van der Waals surface area contributed by atoms with E-state index >= 15 is 0 Å². The minimum atomic E-state index is -0.476. The Balaban J connectivity index is 1.74. The van der Waals surface area contributed by atoms with Gasteiger partial charge in [0.05, 0.1) is 5.92 Å². The van der Waals surface area contributed by atoms with Crippen molar-refractivity contribution < 1.29 is 14.3 Å². The van der Waals surface area contributed by atoms with E-state index in [1.54, 1.807) is 4.90 Å². The Labute approximate surface area is 162 Å². The van der Waals surface area contributed by atoms with Crippen molar-refractivity contribution in [2.24, 2.45) is 5.92 Å². The summed E-state index contributed by atoms with van der Waals surface area (Å²) in [4.78, 5) is 28.6. The molecule has 3 rings (SSSR count). The van der Waals surface area contributed by atoms with Crippen LogP contribution in [0.3, 0.4) is 0 Å².